The van der Waals surface area contributed by atoms with Gasteiger partial charge < -0.3 is 14.2 Å². The van der Waals surface area contributed by atoms with E-state index in [-0.39, 0.29) is 0 Å². The molecular formula is C86H21F37N14O3S2. The molecule has 0 spiro atoms. The molecular weight excluding hydrogens is 2040 g/mol. The number of halogens is 37. The van der Waals surface area contributed by atoms with Crippen LogP contribution in [0.25, 0.3) is 108 Å². The van der Waals surface area contributed by atoms with Crippen molar-refractivity contribution in [3.8, 4) is 93.1 Å². The molecule has 7 aromatic carbocycles. The highest BCUT2D eigenvalue weighted by molar-refractivity contribution is 8.46. The van der Waals surface area contributed by atoms with E-state index >= 15 is 52.7 Å². The molecule has 17 nitrogen and oxygen atoms in total. The average Bonchev–Trinajstić information content (AvgIpc) is 1.43. The second kappa shape index (κ2) is 34.0. The Labute approximate surface area is 763 Å². The Bertz CT molecular complexity index is 8370. The van der Waals surface area contributed by atoms with Crippen LogP contribution in [-0.4, -0.2) is 19.1 Å². The second-order valence-corrected chi connectivity index (χ2v) is 33.9. The fraction of sp³-hybridized carbons (Fsp3) is 0.140. The lowest BCUT2D eigenvalue weighted by Gasteiger charge is -2.45. The number of alkyl halides is 9. The molecule has 0 fully saturated rings. The van der Waals surface area contributed by atoms with E-state index in [1.54, 1.807) is 0 Å². The van der Waals surface area contributed by atoms with Gasteiger partial charge in [-0.15, -0.1) is 39.5 Å². The van der Waals surface area contributed by atoms with Crippen LogP contribution in [0.1, 0.15) is 65.3 Å². The molecule has 0 bridgehead atoms. The van der Waals surface area contributed by atoms with Crippen molar-refractivity contribution in [2.45, 2.75) is 88.2 Å². The van der Waals surface area contributed by atoms with Crippen LogP contribution in [0, 0.1) is 235 Å². The van der Waals surface area contributed by atoms with Gasteiger partial charge in [0.2, 0.25) is 11.6 Å². The molecule has 0 aliphatic heterocycles. The molecule has 0 amide bonds. The van der Waals surface area contributed by atoms with Gasteiger partial charge in [0.05, 0.1) is 39.0 Å². The molecule has 0 unspecified atom stereocenters. The Hall–Kier alpha value is -17.4. The number of fused-ring (bicyclic) bond motifs is 6. The predicted molar refractivity (Wildman–Crippen MR) is 407 cm³/mol. The van der Waals surface area contributed by atoms with E-state index in [1.807, 2.05) is 0 Å². The summed E-state index contributed by atoms with van der Waals surface area (Å²) in [6.45, 7) is 45.7. The zero-order valence-electron chi connectivity index (χ0n) is 68.0. The fourth-order valence-corrected chi connectivity index (χ4v) is 19.2. The highest BCUT2D eigenvalue weighted by Crippen LogP contribution is 3.04. The van der Waals surface area contributed by atoms with E-state index < -0.39 is 415 Å². The van der Waals surface area contributed by atoms with Crippen molar-refractivity contribution in [1.29, 1.82) is 42.1 Å². The van der Waals surface area contributed by atoms with Gasteiger partial charge in [-0.2, -0.15) is 71.2 Å². The quantitative estimate of drug-likeness (QED) is 0.0432. The molecule has 0 saturated carbocycles. The van der Waals surface area contributed by atoms with Gasteiger partial charge in [0, 0.05) is 68.0 Å². The molecule has 0 aromatic heterocycles. The molecule has 56 heteroatoms. The molecule has 7 aromatic rings. The van der Waals surface area contributed by atoms with Crippen LogP contribution >= 0.6 is 20.4 Å². The van der Waals surface area contributed by atoms with Gasteiger partial charge in [-0.3, -0.25) is 0 Å². The lowest BCUT2D eigenvalue weighted by molar-refractivity contribution is -0.291. The first kappa shape index (κ1) is 105. The van der Waals surface area contributed by atoms with Gasteiger partial charge >= 0.3 is 57.0 Å². The number of benzene rings is 7. The predicted octanol–water partition coefficient (Wildman–Crippen LogP) is 23.3. The SMILES string of the molecule is [C-]#[N+]C([N+]#[C-])=C1Cc2c(-c3c(F)c(F)c(C#N)c(F)c3F)c3c(c(-c4c(F)c(F)c(C#N)c(F)c4F)c2=C1C)CC(=C(C#N)C#N)C=3OC(F)(F)F.[C-]#[N+]C([N+]#[C-])=C1Cc2c(-c3c(F)c(F)c(F)c(F)c3F)c3c(c(-c4c(F)c(F)c(F)c(F)c4F)c2=C1C)CC(=C(C#N)C#N)C=3OC(F)(F)F.[C-]#[N+]C([N+]#[C-])=C1Cc2c(S(F)(F)(F)(F)F)c3c(c(S(F)(F)(F)(F)F)c2=C1C)CC(=C(C#N)C#N)C=3OC(F)(F)F. The van der Waals surface area contributed by atoms with Crippen molar-refractivity contribution < 1.29 is 172 Å². The van der Waals surface area contributed by atoms with E-state index in [9.17, 15) is 126 Å². The van der Waals surface area contributed by atoms with E-state index in [2.05, 4.69) is 43.3 Å². The number of rotatable bonds is 9. The van der Waals surface area contributed by atoms with Gasteiger partial charge in [0.15, 0.2) is 93.1 Å². The largest absolute Gasteiger partial charge is 0.573 e. The van der Waals surface area contributed by atoms with Gasteiger partial charge in [0.25, 0.3) is 0 Å². The maximum absolute atomic E-state index is 15.9. The van der Waals surface area contributed by atoms with Crippen LogP contribution in [0.3, 0.4) is 0 Å². The number of hydrogen-bond donors (Lipinski definition) is 0. The Morgan fingerprint density at radius 3 is 0.662 bits per heavy atom. The van der Waals surface area contributed by atoms with Crippen molar-refractivity contribution in [2.75, 3.05) is 0 Å². The van der Waals surface area contributed by atoms with Crippen LogP contribution in [0.15, 0.2) is 77.4 Å². The average molecular weight is 2070 g/mol. The molecule has 13 rings (SSSR count). The van der Waals surface area contributed by atoms with Crippen LogP contribution in [0.4, 0.5) is 157 Å². The Kier molecular flexibility index (Phi) is 25.2. The molecule has 6 aliphatic rings. The highest BCUT2D eigenvalue weighted by Gasteiger charge is 2.73. The lowest BCUT2D eigenvalue weighted by Crippen LogP contribution is -2.35. The summed E-state index contributed by atoms with van der Waals surface area (Å²) in [6.07, 6.45) is -26.3. The van der Waals surface area contributed by atoms with Crippen molar-refractivity contribution in [3.63, 3.8) is 0 Å². The monoisotopic (exact) mass is 2060 g/mol. The summed E-state index contributed by atoms with van der Waals surface area (Å²) in [4.78, 5) is 10.2. The smallest absolute Gasteiger partial charge is 0.405 e. The molecule has 0 heterocycles. The van der Waals surface area contributed by atoms with Crippen molar-refractivity contribution in [3.05, 3.63) is 317 Å². The number of nitriles is 8. The topological polar surface area (TPSA) is 244 Å². The molecule has 142 heavy (non-hydrogen) atoms. The summed E-state index contributed by atoms with van der Waals surface area (Å²) < 4.78 is 553. The van der Waals surface area contributed by atoms with E-state index in [1.165, 1.54) is 24.3 Å². The number of allylic oxidation sites excluding steroid dienone is 6. The van der Waals surface area contributed by atoms with Crippen molar-refractivity contribution >= 4 is 54.4 Å². The minimum Gasteiger partial charge on any atom is -0.405 e. The third-order valence-corrected chi connectivity index (χ3v) is 24.2. The summed E-state index contributed by atoms with van der Waals surface area (Å²) >= 11 is 0. The second-order valence-electron chi connectivity index (χ2n) is 29.2. The highest BCUT2D eigenvalue weighted by atomic mass is 32.5. The van der Waals surface area contributed by atoms with Gasteiger partial charge in [-0.05, 0) is 112 Å². The summed E-state index contributed by atoms with van der Waals surface area (Å²) in [7, 11) is -22.9. The Balaban J connectivity index is 0.000000205. The normalized spacial score (nSPS) is 14.7. The summed E-state index contributed by atoms with van der Waals surface area (Å²) in [5.41, 5.74) is -36.8. The summed E-state index contributed by atoms with van der Waals surface area (Å²) in [5, 5.41) is 65.2. The van der Waals surface area contributed by atoms with Crippen molar-refractivity contribution in [2.24, 2.45) is 0 Å². The first-order chi connectivity index (χ1) is 65.3. The maximum Gasteiger partial charge on any atom is 0.573 e. The van der Waals surface area contributed by atoms with Crippen LogP contribution in [0.2, 0.25) is 0 Å². The van der Waals surface area contributed by atoms with Gasteiger partial charge in [-0.25, -0.2) is 79.0 Å². The molecule has 0 N–H and O–H groups in total. The van der Waals surface area contributed by atoms with Crippen molar-refractivity contribution in [1.82, 2.24) is 0 Å². The van der Waals surface area contributed by atoms with E-state index in [0.29, 0.717) is 6.92 Å². The lowest BCUT2D eigenvalue weighted by atomic mass is 9.85. The molecule has 0 radical (unpaired) electrons. The van der Waals surface area contributed by atoms with E-state index in [0.717, 1.165) is 38.1 Å². The Morgan fingerprint density at radius 1 is 0.254 bits per heavy atom. The molecule has 0 atom stereocenters. The third kappa shape index (κ3) is 17.1. The fourth-order valence-electron chi connectivity index (χ4n) is 16.6. The Morgan fingerprint density at radius 2 is 0.437 bits per heavy atom. The molecule has 0 saturated heterocycles. The minimum atomic E-state index is -11.5. The van der Waals surface area contributed by atoms with Gasteiger partial charge in [-0.1, -0.05) is 38.9 Å². The molecule has 724 valence electrons. The number of ether oxygens (including phenoxy) is 3. The number of hydrogen-bond acceptors (Lipinski definition) is 11. The van der Waals surface area contributed by atoms with Gasteiger partial charge in [0.1, 0.15) is 143 Å². The minimum absolute atomic E-state index is 0.410. The van der Waals surface area contributed by atoms with Crippen LogP contribution < -0.4 is 31.3 Å². The van der Waals surface area contributed by atoms with E-state index in [4.69, 9.17) is 60.5 Å². The summed E-state index contributed by atoms with van der Waals surface area (Å²) in [5.74, 6) is -54.2. The maximum atomic E-state index is 15.9. The first-order valence-electron chi connectivity index (χ1n) is 36.5. The standard InChI is InChI=1S/C34H7F11N6O.C32H7F13N4O.C20H7F13N4OS2/c1-10-12(33(50-2)51-3)4-14-18(10)19(22-28(39)24(35)16(8-48)25(36)29(22)40)15-5-13(11(6-46)7-47)32(52-34(43,44)45)21(15)20(14)23-30(41)26(37)17(9-49)27(38)31(23)42;1-8-10(31(48-2)49-3)4-12-14(8)15(18-20(33)24(37)28(41)25(38)21(18)34)13-5-11(9(6-46)7-47)30(50-32(43,44)45)17(13)16(12)19-22(35)26(39)29(42)27(40)23(19)36;1-8-10(19(36-2)37-3)4-12-14(8)17(39(24,25,26,27)28)13-5-11(9(6-34)7-35)16(38-20(21,22)23)15(13)18(12)40(29,30,31,32)33/h4-5H2,1H3;4-5H2,1H3;4-5H2,1H3. The zero-order chi connectivity index (χ0) is 107. The zero-order valence-corrected chi connectivity index (χ0v) is 69.7. The van der Waals surface area contributed by atoms with Crippen LogP contribution in [-0.2, 0) is 52.7 Å². The first-order valence-corrected chi connectivity index (χ1v) is 40.4. The summed E-state index contributed by atoms with van der Waals surface area (Å²) in [6, 6.07) is 8.35. The number of nitrogens with zero attached hydrogens (tertiary/aromatic N) is 14. The third-order valence-electron chi connectivity index (χ3n) is 21.7. The molecule has 6 aliphatic carbocycles. The van der Waals surface area contributed by atoms with Crippen LogP contribution in [0.5, 0.6) is 0 Å².